The number of methoxy groups -OCH3 is 2. The van der Waals surface area contributed by atoms with Gasteiger partial charge in [0, 0.05) is 12.1 Å². The molecule has 0 bridgehead atoms. The first-order chi connectivity index (χ1) is 11.7. The molecule has 6 nitrogen and oxygen atoms in total. The first-order valence-electron chi connectivity index (χ1n) is 7.60. The number of carbonyl (C=O) groups is 1. The Morgan fingerprint density at radius 2 is 1.83 bits per heavy atom. The van der Waals surface area contributed by atoms with E-state index in [1.54, 1.807) is 32.4 Å². The molecule has 2 aromatic rings. The zero-order chi connectivity index (χ0) is 16.9. The van der Waals surface area contributed by atoms with Gasteiger partial charge in [-0.15, -0.1) is 0 Å². The summed E-state index contributed by atoms with van der Waals surface area (Å²) >= 11 is 0. The van der Waals surface area contributed by atoms with Crippen LogP contribution >= 0.6 is 0 Å². The van der Waals surface area contributed by atoms with Crippen LogP contribution in [0, 0.1) is 0 Å². The van der Waals surface area contributed by atoms with Crippen molar-refractivity contribution in [3.05, 3.63) is 47.5 Å². The zero-order valence-corrected chi connectivity index (χ0v) is 13.6. The Bertz CT molecular complexity index is 744. The maximum absolute atomic E-state index is 12.2. The molecule has 6 heteroatoms. The molecule has 126 valence electrons. The van der Waals surface area contributed by atoms with Gasteiger partial charge in [-0.3, -0.25) is 4.79 Å². The predicted octanol–water partition coefficient (Wildman–Crippen LogP) is 2.41. The van der Waals surface area contributed by atoms with Crippen LogP contribution in [-0.4, -0.2) is 33.5 Å². The summed E-state index contributed by atoms with van der Waals surface area (Å²) in [5, 5.41) is 2.90. The average molecular weight is 329 g/mol. The van der Waals surface area contributed by atoms with Gasteiger partial charge in [-0.1, -0.05) is 6.07 Å². The van der Waals surface area contributed by atoms with E-state index in [4.69, 9.17) is 18.9 Å². The number of rotatable bonds is 6. The van der Waals surface area contributed by atoms with Crippen molar-refractivity contribution in [1.29, 1.82) is 0 Å². The molecular weight excluding hydrogens is 310 g/mol. The molecule has 0 spiro atoms. The fourth-order valence-corrected chi connectivity index (χ4v) is 2.50. The van der Waals surface area contributed by atoms with Crippen molar-refractivity contribution >= 4 is 5.91 Å². The summed E-state index contributed by atoms with van der Waals surface area (Å²) < 4.78 is 21.0. The number of fused-ring (bicyclic) bond motifs is 1. The highest BCUT2D eigenvalue weighted by atomic mass is 16.7. The summed E-state index contributed by atoms with van der Waals surface area (Å²) in [5.41, 5.74) is 1.60. The molecule has 0 fully saturated rings. The molecule has 1 N–H and O–H groups in total. The average Bonchev–Trinajstić information content (AvgIpc) is 3.09. The van der Waals surface area contributed by atoms with E-state index in [-0.39, 0.29) is 12.7 Å². The van der Waals surface area contributed by atoms with E-state index in [1.807, 2.05) is 18.2 Å². The molecular formula is C18H19NO5. The van der Waals surface area contributed by atoms with E-state index >= 15 is 0 Å². The molecule has 1 amide bonds. The minimum atomic E-state index is -0.145. The molecule has 3 rings (SSSR count). The van der Waals surface area contributed by atoms with Crippen LogP contribution in [-0.2, 0) is 6.42 Å². The molecule has 1 aliphatic rings. The lowest BCUT2D eigenvalue weighted by Gasteiger charge is -2.10. The molecule has 1 heterocycles. The Morgan fingerprint density at radius 1 is 1.04 bits per heavy atom. The SMILES string of the molecule is COc1ccc(CCNC(=O)c2ccc3c(c2)OCO3)cc1OC. The van der Waals surface area contributed by atoms with Gasteiger partial charge < -0.3 is 24.3 Å². The Balaban J connectivity index is 1.57. The Labute approximate surface area is 140 Å². The predicted molar refractivity (Wildman–Crippen MR) is 88.1 cm³/mol. The number of carbonyl (C=O) groups excluding carboxylic acids is 1. The number of ether oxygens (including phenoxy) is 4. The van der Waals surface area contributed by atoms with Crippen LogP contribution in [0.3, 0.4) is 0 Å². The van der Waals surface area contributed by atoms with Gasteiger partial charge in [-0.25, -0.2) is 0 Å². The maximum atomic E-state index is 12.2. The summed E-state index contributed by atoms with van der Waals surface area (Å²) in [7, 11) is 3.20. The third-order valence-electron chi connectivity index (χ3n) is 3.78. The van der Waals surface area contributed by atoms with E-state index in [1.165, 1.54) is 0 Å². The number of amides is 1. The summed E-state index contributed by atoms with van der Waals surface area (Å²) in [4.78, 5) is 12.2. The van der Waals surface area contributed by atoms with Crippen molar-refractivity contribution in [3.63, 3.8) is 0 Å². The topological polar surface area (TPSA) is 66.0 Å². The summed E-state index contributed by atoms with van der Waals surface area (Å²) in [5.74, 6) is 2.48. The van der Waals surface area contributed by atoms with Gasteiger partial charge in [0.1, 0.15) is 0 Å². The quantitative estimate of drug-likeness (QED) is 0.881. The van der Waals surface area contributed by atoms with Gasteiger partial charge in [0.25, 0.3) is 5.91 Å². The van der Waals surface area contributed by atoms with Crippen LogP contribution in [0.5, 0.6) is 23.0 Å². The number of hydrogen-bond donors (Lipinski definition) is 1. The maximum Gasteiger partial charge on any atom is 0.251 e. The van der Waals surface area contributed by atoms with Crippen LogP contribution in [0.4, 0.5) is 0 Å². The van der Waals surface area contributed by atoms with Crippen LogP contribution in [0.1, 0.15) is 15.9 Å². The number of nitrogens with one attached hydrogen (secondary N) is 1. The van der Waals surface area contributed by atoms with E-state index in [0.717, 1.165) is 5.56 Å². The normalized spacial score (nSPS) is 11.9. The van der Waals surface area contributed by atoms with E-state index in [0.29, 0.717) is 41.5 Å². The van der Waals surface area contributed by atoms with Gasteiger partial charge >= 0.3 is 0 Å². The molecule has 0 unspecified atom stereocenters. The third-order valence-corrected chi connectivity index (χ3v) is 3.78. The highest BCUT2D eigenvalue weighted by Crippen LogP contribution is 2.32. The van der Waals surface area contributed by atoms with Crippen molar-refractivity contribution in [2.24, 2.45) is 0 Å². The van der Waals surface area contributed by atoms with Crippen LogP contribution < -0.4 is 24.3 Å². The Kier molecular flexibility index (Phi) is 4.74. The van der Waals surface area contributed by atoms with Crippen molar-refractivity contribution in [3.8, 4) is 23.0 Å². The lowest BCUT2D eigenvalue weighted by Crippen LogP contribution is -2.25. The van der Waals surface area contributed by atoms with Crippen LogP contribution in [0.2, 0.25) is 0 Å². The standard InChI is InChI=1S/C18H19NO5/c1-21-14-5-3-12(9-16(14)22-2)7-8-19-18(20)13-4-6-15-17(10-13)24-11-23-15/h3-6,9-10H,7-8,11H2,1-2H3,(H,19,20). The first-order valence-corrected chi connectivity index (χ1v) is 7.60. The van der Waals surface area contributed by atoms with Crippen LogP contribution in [0.15, 0.2) is 36.4 Å². The van der Waals surface area contributed by atoms with E-state index < -0.39 is 0 Å². The highest BCUT2D eigenvalue weighted by Gasteiger charge is 2.16. The molecule has 0 aliphatic carbocycles. The Hall–Kier alpha value is -2.89. The summed E-state index contributed by atoms with van der Waals surface area (Å²) in [6.45, 7) is 0.711. The second kappa shape index (κ2) is 7.12. The van der Waals surface area contributed by atoms with Gasteiger partial charge in [0.2, 0.25) is 6.79 Å². The van der Waals surface area contributed by atoms with Gasteiger partial charge in [0.15, 0.2) is 23.0 Å². The van der Waals surface area contributed by atoms with Crippen molar-refractivity contribution < 1.29 is 23.7 Å². The second-order valence-corrected chi connectivity index (χ2v) is 5.26. The van der Waals surface area contributed by atoms with Gasteiger partial charge in [0.05, 0.1) is 14.2 Å². The van der Waals surface area contributed by atoms with Crippen molar-refractivity contribution in [1.82, 2.24) is 5.32 Å². The smallest absolute Gasteiger partial charge is 0.251 e. The third kappa shape index (κ3) is 3.37. The number of benzene rings is 2. The summed E-state index contributed by atoms with van der Waals surface area (Å²) in [6.07, 6.45) is 0.691. The van der Waals surface area contributed by atoms with Crippen molar-refractivity contribution in [2.45, 2.75) is 6.42 Å². The van der Waals surface area contributed by atoms with Crippen molar-refractivity contribution in [2.75, 3.05) is 27.6 Å². The monoisotopic (exact) mass is 329 g/mol. The molecule has 0 aromatic heterocycles. The van der Waals surface area contributed by atoms with Gasteiger partial charge in [-0.05, 0) is 42.3 Å². The van der Waals surface area contributed by atoms with E-state index in [2.05, 4.69) is 5.32 Å². The first kappa shape index (κ1) is 16.0. The second-order valence-electron chi connectivity index (χ2n) is 5.26. The molecule has 0 atom stereocenters. The lowest BCUT2D eigenvalue weighted by atomic mass is 10.1. The number of hydrogen-bond acceptors (Lipinski definition) is 5. The molecule has 0 saturated heterocycles. The molecule has 0 saturated carbocycles. The molecule has 0 radical (unpaired) electrons. The van der Waals surface area contributed by atoms with Gasteiger partial charge in [-0.2, -0.15) is 0 Å². The minimum Gasteiger partial charge on any atom is -0.493 e. The Morgan fingerprint density at radius 3 is 2.62 bits per heavy atom. The highest BCUT2D eigenvalue weighted by molar-refractivity contribution is 5.94. The summed E-state index contributed by atoms with van der Waals surface area (Å²) in [6, 6.07) is 10.9. The largest absolute Gasteiger partial charge is 0.493 e. The minimum absolute atomic E-state index is 0.145. The molecule has 24 heavy (non-hydrogen) atoms. The van der Waals surface area contributed by atoms with E-state index in [9.17, 15) is 4.79 Å². The molecule has 1 aliphatic heterocycles. The lowest BCUT2D eigenvalue weighted by molar-refractivity contribution is 0.0953. The molecule has 2 aromatic carbocycles. The fraction of sp³-hybridized carbons (Fsp3) is 0.278. The van der Waals surface area contributed by atoms with Crippen LogP contribution in [0.25, 0.3) is 0 Å². The fourth-order valence-electron chi connectivity index (χ4n) is 2.50. The zero-order valence-electron chi connectivity index (χ0n) is 13.6.